The monoisotopic (exact) mass is 211 g/mol. The van der Waals surface area contributed by atoms with E-state index in [9.17, 15) is 0 Å². The molecule has 0 saturated heterocycles. The van der Waals surface area contributed by atoms with E-state index >= 15 is 0 Å². The van der Waals surface area contributed by atoms with Gasteiger partial charge in [-0.05, 0) is 17.7 Å². The predicted molar refractivity (Wildman–Crippen MR) is 61.7 cm³/mol. The fourth-order valence-electron chi connectivity index (χ4n) is 1.70. The van der Waals surface area contributed by atoms with Gasteiger partial charge in [0.15, 0.2) is 0 Å². The van der Waals surface area contributed by atoms with Gasteiger partial charge in [-0.15, -0.1) is 0 Å². The molecule has 0 aliphatic heterocycles. The third kappa shape index (κ3) is 1.32. The summed E-state index contributed by atoms with van der Waals surface area (Å²) >= 11 is 0. The highest BCUT2D eigenvalue weighted by Gasteiger charge is 2.07. The molecule has 4 nitrogen and oxygen atoms in total. The minimum Gasteiger partial charge on any atom is -0.367 e. The quantitative estimate of drug-likeness (QED) is 0.671. The third-order valence-electron chi connectivity index (χ3n) is 2.52. The first-order chi connectivity index (χ1) is 7.84. The molecule has 4 heteroatoms. The van der Waals surface area contributed by atoms with Gasteiger partial charge in [-0.2, -0.15) is 0 Å². The van der Waals surface area contributed by atoms with Crippen LogP contribution >= 0.6 is 0 Å². The lowest BCUT2D eigenvalue weighted by Crippen LogP contribution is -1.85. The molecule has 2 N–H and O–H groups in total. The number of anilines is 1. The number of hydrogen-bond acceptors (Lipinski definition) is 4. The summed E-state index contributed by atoms with van der Waals surface area (Å²) in [7, 11) is 0. The number of hydrogen-bond donors (Lipinski definition) is 1. The Morgan fingerprint density at radius 1 is 1.19 bits per heavy atom. The molecule has 0 radical (unpaired) electrons. The standard InChI is InChI=1S/C12H9N3O/c13-12-10(7-15-16-12)9-4-3-8-2-1-5-14-11(8)6-9/h1-7H,13H2. The van der Waals surface area contributed by atoms with Crippen molar-refractivity contribution in [3.63, 3.8) is 0 Å². The summed E-state index contributed by atoms with van der Waals surface area (Å²) in [5, 5.41) is 4.76. The molecule has 0 aliphatic carbocycles. The Labute approximate surface area is 91.7 Å². The SMILES string of the molecule is Nc1oncc1-c1ccc2cccnc2c1. The summed E-state index contributed by atoms with van der Waals surface area (Å²) in [5.74, 6) is 0.329. The number of aromatic nitrogens is 2. The van der Waals surface area contributed by atoms with Gasteiger partial charge >= 0.3 is 0 Å². The molecular weight excluding hydrogens is 202 g/mol. The number of nitrogens with zero attached hydrogens (tertiary/aromatic N) is 2. The highest BCUT2D eigenvalue weighted by atomic mass is 16.5. The van der Waals surface area contributed by atoms with Gasteiger partial charge in [-0.1, -0.05) is 23.4 Å². The van der Waals surface area contributed by atoms with Gasteiger partial charge in [-0.3, -0.25) is 4.98 Å². The van der Waals surface area contributed by atoms with E-state index < -0.39 is 0 Å². The number of nitrogen functional groups attached to an aromatic ring is 1. The van der Waals surface area contributed by atoms with Crippen LogP contribution in [0, 0.1) is 0 Å². The molecule has 0 spiro atoms. The van der Waals surface area contributed by atoms with Crippen molar-refractivity contribution in [1.82, 2.24) is 10.1 Å². The van der Waals surface area contributed by atoms with Gasteiger partial charge in [0.25, 0.3) is 0 Å². The van der Waals surface area contributed by atoms with Crippen molar-refractivity contribution in [1.29, 1.82) is 0 Å². The minimum absolute atomic E-state index is 0.329. The van der Waals surface area contributed by atoms with Crippen LogP contribution in [-0.4, -0.2) is 10.1 Å². The Morgan fingerprint density at radius 3 is 2.94 bits per heavy atom. The topological polar surface area (TPSA) is 64.9 Å². The summed E-state index contributed by atoms with van der Waals surface area (Å²) in [6.45, 7) is 0. The molecule has 0 amide bonds. The first kappa shape index (κ1) is 8.91. The second-order valence-corrected chi connectivity index (χ2v) is 3.51. The van der Waals surface area contributed by atoms with Crippen LogP contribution in [0.1, 0.15) is 0 Å². The van der Waals surface area contributed by atoms with Gasteiger partial charge in [0.1, 0.15) is 0 Å². The Hall–Kier alpha value is -2.36. The van der Waals surface area contributed by atoms with E-state index in [0.29, 0.717) is 5.88 Å². The summed E-state index contributed by atoms with van der Waals surface area (Å²) in [6.07, 6.45) is 3.38. The average molecular weight is 211 g/mol. The van der Waals surface area contributed by atoms with Crippen molar-refractivity contribution >= 4 is 16.8 Å². The zero-order valence-corrected chi connectivity index (χ0v) is 8.42. The van der Waals surface area contributed by atoms with E-state index in [4.69, 9.17) is 10.3 Å². The average Bonchev–Trinajstić information content (AvgIpc) is 2.75. The van der Waals surface area contributed by atoms with Crippen molar-refractivity contribution in [2.75, 3.05) is 5.73 Å². The fraction of sp³-hybridized carbons (Fsp3) is 0. The molecule has 0 saturated carbocycles. The van der Waals surface area contributed by atoms with Crippen molar-refractivity contribution < 1.29 is 4.52 Å². The molecule has 0 unspecified atom stereocenters. The molecule has 1 aromatic carbocycles. The zero-order chi connectivity index (χ0) is 11.0. The lowest BCUT2D eigenvalue weighted by atomic mass is 10.1. The smallest absolute Gasteiger partial charge is 0.229 e. The molecule has 2 heterocycles. The highest BCUT2D eigenvalue weighted by Crippen LogP contribution is 2.27. The summed E-state index contributed by atoms with van der Waals surface area (Å²) in [5.41, 5.74) is 8.36. The van der Waals surface area contributed by atoms with Crippen LogP contribution < -0.4 is 5.73 Å². The van der Waals surface area contributed by atoms with Crippen LogP contribution in [-0.2, 0) is 0 Å². The highest BCUT2D eigenvalue weighted by molar-refractivity contribution is 5.85. The maximum atomic E-state index is 5.67. The summed E-state index contributed by atoms with van der Waals surface area (Å²) in [6, 6.07) is 9.88. The van der Waals surface area contributed by atoms with E-state index in [1.54, 1.807) is 12.4 Å². The minimum atomic E-state index is 0.329. The van der Waals surface area contributed by atoms with E-state index in [1.807, 2.05) is 30.3 Å². The maximum absolute atomic E-state index is 5.67. The van der Waals surface area contributed by atoms with Gasteiger partial charge in [0.05, 0.1) is 17.3 Å². The molecule has 16 heavy (non-hydrogen) atoms. The van der Waals surface area contributed by atoms with Gasteiger partial charge in [-0.25, -0.2) is 0 Å². The molecule has 0 aliphatic rings. The van der Waals surface area contributed by atoms with E-state index in [1.165, 1.54) is 0 Å². The van der Waals surface area contributed by atoms with Gasteiger partial charge in [0, 0.05) is 11.6 Å². The first-order valence-electron chi connectivity index (χ1n) is 4.90. The Bertz CT molecular complexity index is 645. The number of pyridine rings is 1. The van der Waals surface area contributed by atoms with Crippen molar-refractivity contribution in [3.05, 3.63) is 42.7 Å². The molecular formula is C12H9N3O. The third-order valence-corrected chi connectivity index (χ3v) is 2.52. The van der Waals surface area contributed by atoms with Gasteiger partial charge in [0.2, 0.25) is 5.88 Å². The molecule has 0 bridgehead atoms. The van der Waals surface area contributed by atoms with E-state index in [0.717, 1.165) is 22.0 Å². The molecule has 0 atom stereocenters. The van der Waals surface area contributed by atoms with Crippen LogP contribution in [0.4, 0.5) is 5.88 Å². The van der Waals surface area contributed by atoms with Crippen molar-refractivity contribution in [2.24, 2.45) is 0 Å². The molecule has 2 aromatic heterocycles. The molecule has 3 aromatic rings. The Morgan fingerprint density at radius 2 is 2.12 bits per heavy atom. The molecule has 3 rings (SSSR count). The summed E-state index contributed by atoms with van der Waals surface area (Å²) < 4.78 is 4.84. The van der Waals surface area contributed by atoms with Crippen molar-refractivity contribution in [3.8, 4) is 11.1 Å². The summed E-state index contributed by atoms with van der Waals surface area (Å²) in [4.78, 5) is 4.29. The van der Waals surface area contributed by atoms with Gasteiger partial charge < -0.3 is 10.3 Å². The zero-order valence-electron chi connectivity index (χ0n) is 8.42. The largest absolute Gasteiger partial charge is 0.367 e. The van der Waals surface area contributed by atoms with E-state index in [-0.39, 0.29) is 0 Å². The number of benzene rings is 1. The van der Waals surface area contributed by atoms with Crippen LogP contribution in [0.5, 0.6) is 0 Å². The molecule has 78 valence electrons. The predicted octanol–water partition coefficient (Wildman–Crippen LogP) is 2.47. The van der Waals surface area contributed by atoms with Crippen LogP contribution in [0.2, 0.25) is 0 Å². The van der Waals surface area contributed by atoms with Crippen LogP contribution in [0.15, 0.2) is 47.2 Å². The number of fused-ring (bicyclic) bond motifs is 1. The normalized spacial score (nSPS) is 10.8. The fourth-order valence-corrected chi connectivity index (χ4v) is 1.70. The van der Waals surface area contributed by atoms with Crippen molar-refractivity contribution in [2.45, 2.75) is 0 Å². The second kappa shape index (κ2) is 3.34. The lowest BCUT2D eigenvalue weighted by Gasteiger charge is -2.00. The first-order valence-corrected chi connectivity index (χ1v) is 4.90. The Balaban J connectivity index is 2.23. The lowest BCUT2D eigenvalue weighted by molar-refractivity contribution is 0.436. The second-order valence-electron chi connectivity index (χ2n) is 3.51. The Kier molecular flexibility index (Phi) is 1.86. The van der Waals surface area contributed by atoms with E-state index in [2.05, 4.69) is 10.1 Å². The maximum Gasteiger partial charge on any atom is 0.229 e. The number of nitrogens with two attached hydrogens (primary N) is 1. The molecule has 0 fully saturated rings. The van der Waals surface area contributed by atoms with Crippen LogP contribution in [0.25, 0.3) is 22.0 Å². The number of rotatable bonds is 1. The van der Waals surface area contributed by atoms with Crippen LogP contribution in [0.3, 0.4) is 0 Å².